The van der Waals surface area contributed by atoms with E-state index in [4.69, 9.17) is 0 Å². The molecule has 2 unspecified atom stereocenters. The Balaban J connectivity index is 2.08. The lowest BCUT2D eigenvalue weighted by Gasteiger charge is -2.16. The van der Waals surface area contributed by atoms with E-state index in [1.165, 1.54) is 12.8 Å². The van der Waals surface area contributed by atoms with E-state index in [0.29, 0.717) is 18.5 Å². The molecule has 0 bridgehead atoms. The van der Waals surface area contributed by atoms with Crippen LogP contribution in [0.5, 0.6) is 0 Å². The van der Waals surface area contributed by atoms with Gasteiger partial charge in [-0.2, -0.15) is 0 Å². The van der Waals surface area contributed by atoms with Crippen molar-refractivity contribution in [1.29, 1.82) is 0 Å². The molecule has 0 aromatic carbocycles. The lowest BCUT2D eigenvalue weighted by atomic mass is 10.1. The molecule has 0 spiro atoms. The molecule has 1 amide bonds. The van der Waals surface area contributed by atoms with Crippen LogP contribution in [0.4, 0.5) is 0 Å². The molecule has 13 heavy (non-hydrogen) atoms. The normalized spacial score (nSPS) is 24.5. The minimum Gasteiger partial charge on any atom is -0.352 e. The van der Waals surface area contributed by atoms with Crippen LogP contribution in [0.15, 0.2) is 0 Å². The average molecular weight is 184 g/mol. The van der Waals surface area contributed by atoms with Crippen molar-refractivity contribution >= 4 is 5.91 Å². The highest BCUT2D eigenvalue weighted by Crippen LogP contribution is 2.05. The Morgan fingerprint density at radius 3 is 3.00 bits per heavy atom. The highest BCUT2D eigenvalue weighted by Gasteiger charge is 2.20. The monoisotopic (exact) mass is 184 g/mol. The van der Waals surface area contributed by atoms with E-state index in [1.54, 1.807) is 0 Å². The second-order valence-electron chi connectivity index (χ2n) is 3.90. The van der Waals surface area contributed by atoms with Gasteiger partial charge in [-0.3, -0.25) is 4.79 Å². The molecule has 2 atom stereocenters. The fourth-order valence-electron chi connectivity index (χ4n) is 1.71. The first-order valence-electron chi connectivity index (χ1n) is 5.25. The number of hydrogen-bond acceptors (Lipinski definition) is 2. The van der Waals surface area contributed by atoms with Crippen LogP contribution in [0.2, 0.25) is 0 Å². The Bertz CT molecular complexity index is 170. The van der Waals surface area contributed by atoms with Crippen molar-refractivity contribution in [3.63, 3.8) is 0 Å². The van der Waals surface area contributed by atoms with Gasteiger partial charge in [-0.05, 0) is 19.8 Å². The van der Waals surface area contributed by atoms with Crippen molar-refractivity contribution in [2.45, 2.75) is 51.6 Å². The largest absolute Gasteiger partial charge is 0.352 e. The van der Waals surface area contributed by atoms with Crippen molar-refractivity contribution < 1.29 is 4.79 Å². The molecule has 0 saturated carbocycles. The summed E-state index contributed by atoms with van der Waals surface area (Å²) in [4.78, 5) is 10.9. The fraction of sp³-hybridized carbons (Fsp3) is 0.900. The van der Waals surface area contributed by atoms with Gasteiger partial charge in [0.15, 0.2) is 0 Å². The predicted molar refractivity (Wildman–Crippen MR) is 53.5 cm³/mol. The van der Waals surface area contributed by atoms with Crippen LogP contribution < -0.4 is 10.6 Å². The van der Waals surface area contributed by atoms with Crippen LogP contribution in [-0.2, 0) is 4.79 Å². The number of carbonyl (C=O) groups is 1. The second-order valence-corrected chi connectivity index (χ2v) is 3.90. The Morgan fingerprint density at radius 2 is 2.46 bits per heavy atom. The maximum atomic E-state index is 10.9. The molecule has 0 radical (unpaired) electrons. The van der Waals surface area contributed by atoms with E-state index in [9.17, 15) is 4.79 Å². The smallest absolute Gasteiger partial charge is 0.220 e. The summed E-state index contributed by atoms with van der Waals surface area (Å²) in [6, 6.07) is 0.939. The molecule has 1 aliphatic heterocycles. The first-order chi connectivity index (χ1) is 6.22. The number of rotatable bonds is 5. The molecule has 2 N–H and O–H groups in total. The predicted octanol–water partition coefficient (Wildman–Crippen LogP) is 1.04. The maximum Gasteiger partial charge on any atom is 0.220 e. The third-order valence-electron chi connectivity index (χ3n) is 2.52. The van der Waals surface area contributed by atoms with E-state index in [1.807, 2.05) is 0 Å². The van der Waals surface area contributed by atoms with Gasteiger partial charge in [0.05, 0.1) is 0 Å². The van der Waals surface area contributed by atoms with Crippen molar-refractivity contribution in [2.75, 3.05) is 6.54 Å². The zero-order chi connectivity index (χ0) is 9.68. The summed E-state index contributed by atoms with van der Waals surface area (Å²) in [5.74, 6) is 0.204. The second kappa shape index (κ2) is 5.22. The van der Waals surface area contributed by atoms with E-state index >= 15 is 0 Å². The van der Waals surface area contributed by atoms with E-state index in [0.717, 1.165) is 13.0 Å². The van der Waals surface area contributed by atoms with Crippen LogP contribution >= 0.6 is 0 Å². The molecule has 3 heteroatoms. The summed E-state index contributed by atoms with van der Waals surface area (Å²) in [5.41, 5.74) is 0. The molecule has 76 valence electrons. The first-order valence-corrected chi connectivity index (χ1v) is 5.25. The average Bonchev–Trinajstić information content (AvgIpc) is 2.49. The zero-order valence-electron chi connectivity index (χ0n) is 8.60. The summed E-state index contributed by atoms with van der Waals surface area (Å²) in [7, 11) is 0. The number of carbonyl (C=O) groups excluding carboxylic acids is 1. The van der Waals surface area contributed by atoms with Crippen LogP contribution in [0.3, 0.4) is 0 Å². The van der Waals surface area contributed by atoms with Gasteiger partial charge in [-0.1, -0.05) is 13.3 Å². The standard InChI is InChI=1S/C10H20N2O/c1-3-4-8(2)11-7-9-5-6-10(13)12-9/h8-9,11H,3-7H2,1-2H3,(H,12,13). The lowest BCUT2D eigenvalue weighted by molar-refractivity contribution is -0.119. The molecular formula is C10H20N2O. The summed E-state index contributed by atoms with van der Waals surface area (Å²) in [5, 5.41) is 6.38. The zero-order valence-corrected chi connectivity index (χ0v) is 8.60. The number of hydrogen-bond donors (Lipinski definition) is 2. The lowest BCUT2D eigenvalue weighted by Crippen LogP contribution is -2.39. The van der Waals surface area contributed by atoms with Crippen molar-refractivity contribution in [2.24, 2.45) is 0 Å². The molecular weight excluding hydrogens is 164 g/mol. The van der Waals surface area contributed by atoms with Gasteiger partial charge in [0, 0.05) is 25.0 Å². The molecule has 1 saturated heterocycles. The van der Waals surface area contributed by atoms with E-state index in [2.05, 4.69) is 24.5 Å². The molecule has 1 fully saturated rings. The molecule has 0 aromatic heterocycles. The van der Waals surface area contributed by atoms with Gasteiger partial charge < -0.3 is 10.6 Å². The quantitative estimate of drug-likeness (QED) is 0.670. The maximum absolute atomic E-state index is 10.9. The van der Waals surface area contributed by atoms with Gasteiger partial charge in [0.1, 0.15) is 0 Å². The van der Waals surface area contributed by atoms with Gasteiger partial charge >= 0.3 is 0 Å². The van der Waals surface area contributed by atoms with Gasteiger partial charge in [0.2, 0.25) is 5.91 Å². The summed E-state index contributed by atoms with van der Waals surface area (Å²) < 4.78 is 0. The first kappa shape index (κ1) is 10.5. The summed E-state index contributed by atoms with van der Waals surface area (Å²) in [6.07, 6.45) is 4.12. The molecule has 3 nitrogen and oxygen atoms in total. The van der Waals surface area contributed by atoms with Crippen LogP contribution in [0, 0.1) is 0 Å². The fourth-order valence-corrected chi connectivity index (χ4v) is 1.71. The minimum atomic E-state index is 0.204. The highest BCUT2D eigenvalue weighted by atomic mass is 16.1. The van der Waals surface area contributed by atoms with Crippen LogP contribution in [0.1, 0.15) is 39.5 Å². The molecule has 0 aromatic rings. The van der Waals surface area contributed by atoms with Gasteiger partial charge in [-0.15, -0.1) is 0 Å². The van der Waals surface area contributed by atoms with Crippen molar-refractivity contribution in [3.8, 4) is 0 Å². The minimum absolute atomic E-state index is 0.204. The molecule has 1 aliphatic rings. The van der Waals surface area contributed by atoms with Gasteiger partial charge in [0.25, 0.3) is 0 Å². The number of amides is 1. The topological polar surface area (TPSA) is 41.1 Å². The third kappa shape index (κ3) is 3.77. The molecule has 0 aliphatic carbocycles. The Hall–Kier alpha value is -0.570. The van der Waals surface area contributed by atoms with Crippen molar-refractivity contribution in [1.82, 2.24) is 10.6 Å². The van der Waals surface area contributed by atoms with Crippen LogP contribution in [0.25, 0.3) is 0 Å². The Morgan fingerprint density at radius 1 is 1.69 bits per heavy atom. The Kier molecular flexibility index (Phi) is 4.22. The molecule has 1 rings (SSSR count). The highest BCUT2D eigenvalue weighted by molar-refractivity contribution is 5.78. The third-order valence-corrected chi connectivity index (χ3v) is 2.52. The SMILES string of the molecule is CCCC(C)NCC1CCC(=O)N1. The van der Waals surface area contributed by atoms with Crippen molar-refractivity contribution in [3.05, 3.63) is 0 Å². The van der Waals surface area contributed by atoms with Crippen LogP contribution in [-0.4, -0.2) is 24.5 Å². The van der Waals surface area contributed by atoms with E-state index < -0.39 is 0 Å². The Labute approximate surface area is 80.3 Å². The molecule has 1 heterocycles. The van der Waals surface area contributed by atoms with E-state index in [-0.39, 0.29) is 5.91 Å². The number of nitrogens with one attached hydrogen (secondary N) is 2. The van der Waals surface area contributed by atoms with Gasteiger partial charge in [-0.25, -0.2) is 0 Å². The summed E-state index contributed by atoms with van der Waals surface area (Å²) >= 11 is 0. The summed E-state index contributed by atoms with van der Waals surface area (Å²) in [6.45, 7) is 5.31.